The number of carbonyl (C=O) groups is 2. The van der Waals surface area contributed by atoms with Gasteiger partial charge in [-0.2, -0.15) is 5.10 Å². The zero-order valence-electron chi connectivity index (χ0n) is 15.8. The normalized spacial score (nSPS) is 16.4. The number of benzene rings is 1. The molecule has 1 saturated heterocycles. The molecule has 1 aromatic carbocycles. The van der Waals surface area contributed by atoms with Crippen LogP contribution in [0.5, 0.6) is 0 Å². The van der Waals surface area contributed by atoms with Crippen molar-refractivity contribution in [2.24, 2.45) is 13.0 Å². The lowest BCUT2D eigenvalue weighted by Gasteiger charge is -2.17. The fourth-order valence-electron chi connectivity index (χ4n) is 3.30. The molecule has 0 aliphatic carbocycles. The van der Waals surface area contributed by atoms with E-state index in [9.17, 15) is 9.59 Å². The lowest BCUT2D eigenvalue weighted by atomic mass is 10.1. The number of hydrogen-bond donors (Lipinski definition) is 1. The molecule has 1 aliphatic heterocycles. The summed E-state index contributed by atoms with van der Waals surface area (Å²) < 4.78 is 1.70. The largest absolute Gasteiger partial charge is 0.312 e. The Morgan fingerprint density at radius 1 is 1.18 bits per heavy atom. The van der Waals surface area contributed by atoms with Crippen LogP contribution in [0.1, 0.15) is 12.0 Å². The molecule has 4 rings (SSSR count). The number of aryl methyl sites for hydroxylation is 2. The first-order valence-corrected chi connectivity index (χ1v) is 9.13. The molecule has 0 radical (unpaired) electrons. The van der Waals surface area contributed by atoms with E-state index in [-0.39, 0.29) is 18.2 Å². The van der Waals surface area contributed by atoms with Crippen LogP contribution in [0.2, 0.25) is 0 Å². The second kappa shape index (κ2) is 7.26. The Bertz CT molecular complexity index is 1030. The van der Waals surface area contributed by atoms with Crippen LogP contribution in [0, 0.1) is 12.8 Å². The Morgan fingerprint density at radius 2 is 1.96 bits per heavy atom. The molecule has 7 nitrogen and oxygen atoms in total. The van der Waals surface area contributed by atoms with E-state index in [4.69, 9.17) is 0 Å². The van der Waals surface area contributed by atoms with Gasteiger partial charge in [0.15, 0.2) is 0 Å². The smallest absolute Gasteiger partial charge is 0.230 e. The van der Waals surface area contributed by atoms with Crippen LogP contribution in [0.3, 0.4) is 0 Å². The maximum atomic E-state index is 12.7. The van der Waals surface area contributed by atoms with E-state index in [2.05, 4.69) is 15.4 Å². The van der Waals surface area contributed by atoms with E-state index < -0.39 is 5.92 Å². The Labute approximate surface area is 163 Å². The van der Waals surface area contributed by atoms with Crippen LogP contribution < -0.4 is 10.2 Å². The van der Waals surface area contributed by atoms with Gasteiger partial charge in [-0.25, -0.2) is 4.98 Å². The highest BCUT2D eigenvalue weighted by atomic mass is 16.2. The average molecular weight is 375 g/mol. The average Bonchev–Trinajstić information content (AvgIpc) is 3.29. The quantitative estimate of drug-likeness (QED) is 0.760. The SMILES string of the molecule is Cc1ccc(N2C[C@@H](C(=O)Nc3cccc(-c4cnn(C)c4)n3)CC2=O)cc1. The molecule has 0 unspecified atom stereocenters. The number of pyridine rings is 1. The predicted molar refractivity (Wildman–Crippen MR) is 107 cm³/mol. The highest BCUT2D eigenvalue weighted by molar-refractivity contribution is 6.03. The Balaban J connectivity index is 1.46. The van der Waals surface area contributed by atoms with Gasteiger partial charge in [-0.1, -0.05) is 23.8 Å². The van der Waals surface area contributed by atoms with Crippen molar-refractivity contribution in [1.29, 1.82) is 0 Å². The lowest BCUT2D eigenvalue weighted by molar-refractivity contribution is -0.122. The summed E-state index contributed by atoms with van der Waals surface area (Å²) >= 11 is 0. The first-order valence-electron chi connectivity index (χ1n) is 9.13. The van der Waals surface area contributed by atoms with E-state index in [1.54, 1.807) is 21.8 Å². The predicted octanol–water partition coefficient (Wildman–Crippen LogP) is 2.78. The number of anilines is 2. The first kappa shape index (κ1) is 17.9. The van der Waals surface area contributed by atoms with Crippen molar-refractivity contribution in [3.63, 3.8) is 0 Å². The number of carbonyl (C=O) groups excluding carboxylic acids is 2. The van der Waals surface area contributed by atoms with Crippen LogP contribution in [0.4, 0.5) is 11.5 Å². The van der Waals surface area contributed by atoms with Crippen molar-refractivity contribution in [1.82, 2.24) is 14.8 Å². The molecule has 3 heterocycles. The Hall–Kier alpha value is -3.48. The van der Waals surface area contributed by atoms with Crippen LogP contribution in [0.25, 0.3) is 11.3 Å². The van der Waals surface area contributed by atoms with Crippen LogP contribution in [-0.2, 0) is 16.6 Å². The van der Waals surface area contributed by atoms with Gasteiger partial charge in [0.1, 0.15) is 5.82 Å². The van der Waals surface area contributed by atoms with Crippen molar-refractivity contribution in [2.45, 2.75) is 13.3 Å². The van der Waals surface area contributed by atoms with Crippen molar-refractivity contribution in [2.75, 3.05) is 16.8 Å². The monoisotopic (exact) mass is 375 g/mol. The molecule has 1 aliphatic rings. The third-order valence-electron chi connectivity index (χ3n) is 4.84. The van der Waals surface area contributed by atoms with E-state index in [1.807, 2.05) is 56.6 Å². The van der Waals surface area contributed by atoms with Crippen molar-refractivity contribution in [3.8, 4) is 11.3 Å². The minimum absolute atomic E-state index is 0.0407. The standard InChI is InChI=1S/C21H21N5O2/c1-14-6-8-17(9-7-14)26-13-15(10-20(26)27)21(28)24-19-5-3-4-18(23-19)16-11-22-25(2)12-16/h3-9,11-12,15H,10,13H2,1-2H3,(H,23,24,28)/t15-/m0/s1. The van der Waals surface area contributed by atoms with E-state index >= 15 is 0 Å². The van der Waals surface area contributed by atoms with Crippen LogP contribution in [0.15, 0.2) is 54.9 Å². The first-order chi connectivity index (χ1) is 13.5. The van der Waals surface area contributed by atoms with Gasteiger partial charge in [-0.05, 0) is 31.2 Å². The molecule has 0 bridgehead atoms. The summed E-state index contributed by atoms with van der Waals surface area (Å²) in [5, 5.41) is 6.99. The Kier molecular flexibility index (Phi) is 4.65. The van der Waals surface area contributed by atoms with E-state index in [1.165, 1.54) is 0 Å². The summed E-state index contributed by atoms with van der Waals surface area (Å²) in [5.41, 5.74) is 3.56. The molecular weight excluding hydrogens is 354 g/mol. The topological polar surface area (TPSA) is 80.1 Å². The number of nitrogens with one attached hydrogen (secondary N) is 1. The van der Waals surface area contributed by atoms with Gasteiger partial charge < -0.3 is 10.2 Å². The zero-order valence-corrected chi connectivity index (χ0v) is 15.8. The zero-order chi connectivity index (χ0) is 19.7. The number of aromatic nitrogens is 3. The lowest BCUT2D eigenvalue weighted by Crippen LogP contribution is -2.28. The molecule has 1 atom stereocenters. The third-order valence-corrected chi connectivity index (χ3v) is 4.84. The highest BCUT2D eigenvalue weighted by Crippen LogP contribution is 2.26. The molecule has 0 spiro atoms. The van der Waals surface area contributed by atoms with Gasteiger partial charge in [0.2, 0.25) is 11.8 Å². The second-order valence-electron chi connectivity index (χ2n) is 7.04. The van der Waals surface area contributed by atoms with Gasteiger partial charge in [-0.15, -0.1) is 0 Å². The van der Waals surface area contributed by atoms with Gasteiger partial charge in [-0.3, -0.25) is 14.3 Å². The van der Waals surface area contributed by atoms with E-state index in [0.717, 1.165) is 22.5 Å². The van der Waals surface area contributed by atoms with Gasteiger partial charge >= 0.3 is 0 Å². The summed E-state index contributed by atoms with van der Waals surface area (Å²) in [6.07, 6.45) is 3.79. The number of hydrogen-bond acceptors (Lipinski definition) is 4. The van der Waals surface area contributed by atoms with Crippen LogP contribution in [-0.4, -0.2) is 33.1 Å². The number of rotatable bonds is 4. The van der Waals surface area contributed by atoms with Gasteiger partial charge in [0.25, 0.3) is 0 Å². The van der Waals surface area contributed by atoms with Crippen molar-refractivity contribution in [3.05, 3.63) is 60.4 Å². The maximum absolute atomic E-state index is 12.7. The molecule has 142 valence electrons. The molecule has 2 amide bonds. The maximum Gasteiger partial charge on any atom is 0.230 e. The van der Waals surface area contributed by atoms with Gasteiger partial charge in [0, 0.05) is 37.5 Å². The van der Waals surface area contributed by atoms with Crippen molar-refractivity contribution < 1.29 is 9.59 Å². The highest BCUT2D eigenvalue weighted by Gasteiger charge is 2.35. The molecule has 0 saturated carbocycles. The molecule has 2 aromatic heterocycles. The molecule has 28 heavy (non-hydrogen) atoms. The van der Waals surface area contributed by atoms with E-state index in [0.29, 0.717) is 12.4 Å². The number of amides is 2. The minimum Gasteiger partial charge on any atom is -0.312 e. The molecule has 1 N–H and O–H groups in total. The fourth-order valence-corrected chi connectivity index (χ4v) is 3.30. The fraction of sp³-hybridized carbons (Fsp3) is 0.238. The molecule has 7 heteroatoms. The molecule has 1 fully saturated rings. The number of nitrogens with zero attached hydrogens (tertiary/aromatic N) is 4. The summed E-state index contributed by atoms with van der Waals surface area (Å²) in [6.45, 7) is 2.37. The summed E-state index contributed by atoms with van der Waals surface area (Å²) in [5.74, 6) is -0.176. The van der Waals surface area contributed by atoms with Gasteiger partial charge in [0.05, 0.1) is 17.8 Å². The van der Waals surface area contributed by atoms with Crippen LogP contribution >= 0.6 is 0 Å². The summed E-state index contributed by atoms with van der Waals surface area (Å²) in [6, 6.07) is 13.2. The molecular formula is C21H21N5O2. The summed E-state index contributed by atoms with van der Waals surface area (Å²) in [7, 11) is 1.84. The Morgan fingerprint density at radius 3 is 2.68 bits per heavy atom. The summed E-state index contributed by atoms with van der Waals surface area (Å²) in [4.78, 5) is 31.2. The third kappa shape index (κ3) is 3.64. The second-order valence-corrected chi connectivity index (χ2v) is 7.04. The van der Waals surface area contributed by atoms with Crippen molar-refractivity contribution >= 4 is 23.3 Å². The minimum atomic E-state index is -0.405. The molecule has 3 aromatic rings.